The van der Waals surface area contributed by atoms with Gasteiger partial charge in [-0.05, 0) is 105 Å². The number of aryl methyl sites for hydroxylation is 2. The van der Waals surface area contributed by atoms with Crippen molar-refractivity contribution < 1.29 is 0 Å². The molecule has 0 fully saturated rings. The summed E-state index contributed by atoms with van der Waals surface area (Å²) in [6.45, 7) is 4.38. The Hall–Kier alpha value is -5.66. The predicted molar refractivity (Wildman–Crippen MR) is 193 cm³/mol. The Morgan fingerprint density at radius 2 is 0.800 bits per heavy atom. The Labute approximate surface area is 266 Å². The first-order chi connectivity index (χ1) is 22.1. The molecule has 0 unspecified atom stereocenters. The molecule has 1 heteroatoms. The van der Waals surface area contributed by atoms with E-state index in [0.717, 1.165) is 11.4 Å². The van der Waals surface area contributed by atoms with Crippen LogP contribution in [0.1, 0.15) is 11.1 Å². The third-order valence-electron chi connectivity index (χ3n) is 8.60. The molecule has 0 heterocycles. The van der Waals surface area contributed by atoms with Crippen LogP contribution in [0.25, 0.3) is 55.6 Å². The Balaban J connectivity index is 1.13. The second-order valence-electron chi connectivity index (χ2n) is 11.6. The van der Waals surface area contributed by atoms with Gasteiger partial charge in [-0.1, -0.05) is 140 Å². The SMILES string of the molecule is Cc1ccccc1-c1cc(-c2cccc(-c3ccccc3Nc3ccc(-c4ccc(-c5ccccc5)cc4)cc3)c2)ccc1C. The Kier molecular flexibility index (Phi) is 7.83. The lowest BCUT2D eigenvalue weighted by Crippen LogP contribution is -1.94. The minimum atomic E-state index is 1.06. The van der Waals surface area contributed by atoms with Crippen LogP contribution in [0.3, 0.4) is 0 Å². The molecule has 0 saturated heterocycles. The molecule has 0 aliphatic rings. The van der Waals surface area contributed by atoms with E-state index in [-0.39, 0.29) is 0 Å². The molecule has 1 nitrogen and oxygen atoms in total. The average Bonchev–Trinajstić information content (AvgIpc) is 3.10. The third-order valence-corrected chi connectivity index (χ3v) is 8.60. The van der Waals surface area contributed by atoms with Crippen LogP contribution in [-0.2, 0) is 0 Å². The van der Waals surface area contributed by atoms with Gasteiger partial charge in [0.2, 0.25) is 0 Å². The minimum Gasteiger partial charge on any atom is -0.355 e. The molecule has 0 saturated carbocycles. The molecule has 0 amide bonds. The summed E-state index contributed by atoms with van der Waals surface area (Å²) in [7, 11) is 0. The molecule has 0 spiro atoms. The first-order valence-electron chi connectivity index (χ1n) is 15.5. The Morgan fingerprint density at radius 1 is 0.311 bits per heavy atom. The molecular weight excluding hydrogens is 542 g/mol. The molecule has 7 aromatic rings. The summed E-state index contributed by atoms with van der Waals surface area (Å²) < 4.78 is 0. The normalized spacial score (nSPS) is 10.9. The summed E-state index contributed by atoms with van der Waals surface area (Å²) >= 11 is 0. The van der Waals surface area contributed by atoms with Crippen molar-refractivity contribution in [1.29, 1.82) is 0 Å². The van der Waals surface area contributed by atoms with Gasteiger partial charge in [0.1, 0.15) is 0 Å². The second kappa shape index (κ2) is 12.5. The number of nitrogens with one attached hydrogen (secondary N) is 1. The summed E-state index contributed by atoms with van der Waals surface area (Å²) in [4.78, 5) is 0. The molecule has 0 aromatic heterocycles. The van der Waals surface area contributed by atoms with E-state index in [1.165, 1.54) is 66.8 Å². The lowest BCUT2D eigenvalue weighted by molar-refractivity contribution is 1.41. The minimum absolute atomic E-state index is 1.06. The van der Waals surface area contributed by atoms with E-state index in [1.54, 1.807) is 0 Å². The van der Waals surface area contributed by atoms with Crippen molar-refractivity contribution in [3.63, 3.8) is 0 Å². The van der Waals surface area contributed by atoms with Crippen molar-refractivity contribution in [1.82, 2.24) is 0 Å². The molecule has 216 valence electrons. The van der Waals surface area contributed by atoms with Crippen molar-refractivity contribution in [2.24, 2.45) is 0 Å². The molecule has 1 N–H and O–H groups in total. The molecule has 0 aliphatic heterocycles. The predicted octanol–water partition coefficient (Wildman–Crippen LogP) is 12.4. The fraction of sp³-hybridized carbons (Fsp3) is 0.0455. The highest BCUT2D eigenvalue weighted by atomic mass is 14.9. The fourth-order valence-corrected chi connectivity index (χ4v) is 6.06. The van der Waals surface area contributed by atoms with Crippen LogP contribution in [-0.4, -0.2) is 0 Å². The summed E-state index contributed by atoms with van der Waals surface area (Å²) in [5.41, 5.74) is 17.0. The molecule has 0 bridgehead atoms. The first-order valence-corrected chi connectivity index (χ1v) is 15.5. The van der Waals surface area contributed by atoms with Gasteiger partial charge in [-0.15, -0.1) is 0 Å². The lowest BCUT2D eigenvalue weighted by atomic mass is 9.92. The largest absolute Gasteiger partial charge is 0.355 e. The van der Waals surface area contributed by atoms with Crippen molar-refractivity contribution in [2.75, 3.05) is 5.32 Å². The number of rotatable bonds is 7. The van der Waals surface area contributed by atoms with E-state index in [1.807, 2.05) is 0 Å². The maximum atomic E-state index is 3.68. The number of anilines is 2. The maximum absolute atomic E-state index is 3.68. The number of benzene rings is 7. The summed E-state index contributed by atoms with van der Waals surface area (Å²) in [5.74, 6) is 0. The fourth-order valence-electron chi connectivity index (χ4n) is 6.06. The van der Waals surface area contributed by atoms with Gasteiger partial charge >= 0.3 is 0 Å². The van der Waals surface area contributed by atoms with Gasteiger partial charge in [-0.3, -0.25) is 0 Å². The van der Waals surface area contributed by atoms with E-state index in [2.05, 4.69) is 189 Å². The van der Waals surface area contributed by atoms with Crippen molar-refractivity contribution in [3.8, 4) is 55.6 Å². The number of para-hydroxylation sites is 1. The van der Waals surface area contributed by atoms with Gasteiger partial charge in [0.05, 0.1) is 0 Å². The zero-order chi connectivity index (χ0) is 30.6. The summed E-state index contributed by atoms with van der Waals surface area (Å²) in [6.07, 6.45) is 0. The van der Waals surface area contributed by atoms with Gasteiger partial charge in [0.25, 0.3) is 0 Å². The highest BCUT2D eigenvalue weighted by Crippen LogP contribution is 2.36. The molecule has 0 aliphatic carbocycles. The topological polar surface area (TPSA) is 12.0 Å². The lowest BCUT2D eigenvalue weighted by Gasteiger charge is -2.15. The van der Waals surface area contributed by atoms with Crippen LogP contribution < -0.4 is 5.32 Å². The molecule has 7 rings (SSSR count). The van der Waals surface area contributed by atoms with E-state index in [9.17, 15) is 0 Å². The van der Waals surface area contributed by atoms with Crippen LogP contribution in [0, 0.1) is 13.8 Å². The molecule has 7 aromatic carbocycles. The Morgan fingerprint density at radius 3 is 1.51 bits per heavy atom. The third kappa shape index (κ3) is 6.07. The summed E-state index contributed by atoms with van der Waals surface area (Å²) in [5, 5.41) is 3.68. The standard InChI is InChI=1S/C44H35N/c1-31-11-6-7-16-41(31)43-30-38(20-19-32(43)2)37-14-10-15-39(29-37)42-17-8-9-18-44(42)45-40-27-25-36(26-28-40)35-23-21-34(22-24-35)33-12-4-3-5-13-33/h3-30,45H,1-2H3. The molecular formula is C44H35N. The highest BCUT2D eigenvalue weighted by Gasteiger charge is 2.10. The highest BCUT2D eigenvalue weighted by molar-refractivity contribution is 5.85. The molecule has 0 atom stereocenters. The monoisotopic (exact) mass is 577 g/mol. The van der Waals surface area contributed by atoms with Crippen LogP contribution in [0.15, 0.2) is 170 Å². The zero-order valence-electron chi connectivity index (χ0n) is 25.7. The van der Waals surface area contributed by atoms with Crippen LogP contribution in [0.4, 0.5) is 11.4 Å². The van der Waals surface area contributed by atoms with Gasteiger partial charge in [-0.2, -0.15) is 0 Å². The van der Waals surface area contributed by atoms with E-state index >= 15 is 0 Å². The number of hydrogen-bond donors (Lipinski definition) is 1. The van der Waals surface area contributed by atoms with E-state index in [0.29, 0.717) is 0 Å². The van der Waals surface area contributed by atoms with Gasteiger partial charge < -0.3 is 5.32 Å². The average molecular weight is 578 g/mol. The van der Waals surface area contributed by atoms with Crippen molar-refractivity contribution >= 4 is 11.4 Å². The molecule has 0 radical (unpaired) electrons. The maximum Gasteiger partial charge on any atom is 0.0463 e. The number of hydrogen-bond acceptors (Lipinski definition) is 1. The van der Waals surface area contributed by atoms with Crippen LogP contribution in [0.5, 0.6) is 0 Å². The zero-order valence-corrected chi connectivity index (χ0v) is 25.7. The van der Waals surface area contributed by atoms with Crippen LogP contribution in [0.2, 0.25) is 0 Å². The van der Waals surface area contributed by atoms with Gasteiger partial charge in [0.15, 0.2) is 0 Å². The van der Waals surface area contributed by atoms with Crippen LogP contribution >= 0.6 is 0 Å². The van der Waals surface area contributed by atoms with E-state index < -0.39 is 0 Å². The van der Waals surface area contributed by atoms with Crippen molar-refractivity contribution in [3.05, 3.63) is 181 Å². The molecule has 45 heavy (non-hydrogen) atoms. The summed E-state index contributed by atoms with van der Waals surface area (Å²) in [6, 6.07) is 60.8. The van der Waals surface area contributed by atoms with Gasteiger partial charge in [-0.25, -0.2) is 0 Å². The quantitative estimate of drug-likeness (QED) is 0.199. The first kappa shape index (κ1) is 28.1. The smallest absolute Gasteiger partial charge is 0.0463 e. The van der Waals surface area contributed by atoms with E-state index in [4.69, 9.17) is 0 Å². The van der Waals surface area contributed by atoms with Crippen molar-refractivity contribution in [2.45, 2.75) is 13.8 Å². The second-order valence-corrected chi connectivity index (χ2v) is 11.6. The Bertz CT molecular complexity index is 2070. The van der Waals surface area contributed by atoms with Gasteiger partial charge in [0, 0.05) is 16.9 Å².